The number of anilines is 2. The normalized spacial score (nSPS) is 21.5. The standard InChI is InChI=1S/C23H23F5N6O2/c1-35-19-8-15(6-7-29-19)33-10-13-2-3-14(11-33)20(13)30-21-31-22(34(32-21)12-23(26,27)28)36-16-4-5-17(24)18(25)9-16/h4-9,13-14,20H,2-3,10-12H2,1H3,(H,30,32)/t13-,14+,20?. The first-order valence-corrected chi connectivity index (χ1v) is 11.3. The van der Waals surface area contributed by atoms with Gasteiger partial charge in [-0.25, -0.2) is 18.4 Å². The molecule has 5 rings (SSSR count). The SMILES string of the molecule is COc1cc(N2C[C@H]3CC[C@@H](C2)C3Nc2nc(Oc3ccc(F)c(F)c3)n(CC(F)(F)F)n2)ccn1. The lowest BCUT2D eigenvalue weighted by Gasteiger charge is -2.39. The minimum atomic E-state index is -4.59. The second kappa shape index (κ2) is 9.43. The van der Waals surface area contributed by atoms with E-state index >= 15 is 0 Å². The van der Waals surface area contributed by atoms with E-state index in [1.807, 2.05) is 12.1 Å². The topological polar surface area (TPSA) is 77.3 Å². The molecule has 36 heavy (non-hydrogen) atoms. The number of ether oxygens (including phenoxy) is 2. The van der Waals surface area contributed by atoms with E-state index in [0.717, 1.165) is 49.8 Å². The molecule has 1 saturated heterocycles. The number of nitrogens with zero attached hydrogens (tertiary/aromatic N) is 5. The van der Waals surface area contributed by atoms with E-state index < -0.39 is 30.4 Å². The van der Waals surface area contributed by atoms with E-state index in [9.17, 15) is 22.0 Å². The number of rotatable bonds is 7. The summed E-state index contributed by atoms with van der Waals surface area (Å²) in [6.07, 6.45) is -1.01. The average molecular weight is 510 g/mol. The summed E-state index contributed by atoms with van der Waals surface area (Å²) >= 11 is 0. The first-order valence-electron chi connectivity index (χ1n) is 11.3. The fourth-order valence-electron chi connectivity index (χ4n) is 4.91. The molecule has 1 N–H and O–H groups in total. The highest BCUT2D eigenvalue weighted by Gasteiger charge is 2.43. The molecular formula is C23H23F5N6O2. The molecule has 8 nitrogen and oxygen atoms in total. The first kappa shape index (κ1) is 24.1. The summed E-state index contributed by atoms with van der Waals surface area (Å²) in [7, 11) is 1.56. The summed E-state index contributed by atoms with van der Waals surface area (Å²) in [6, 6.07) is 5.92. The van der Waals surface area contributed by atoms with Gasteiger partial charge >= 0.3 is 12.2 Å². The van der Waals surface area contributed by atoms with Gasteiger partial charge in [0.1, 0.15) is 12.3 Å². The third-order valence-corrected chi connectivity index (χ3v) is 6.49. The largest absolute Gasteiger partial charge is 0.481 e. The molecule has 13 heteroatoms. The molecule has 1 aliphatic carbocycles. The van der Waals surface area contributed by atoms with Crippen molar-refractivity contribution in [3.05, 3.63) is 48.2 Å². The van der Waals surface area contributed by atoms with Crippen LogP contribution in [0.1, 0.15) is 12.8 Å². The predicted octanol–water partition coefficient (Wildman–Crippen LogP) is 4.64. The molecule has 2 fully saturated rings. The van der Waals surface area contributed by atoms with Gasteiger partial charge in [-0.1, -0.05) is 0 Å². The maximum absolute atomic E-state index is 13.6. The van der Waals surface area contributed by atoms with E-state index in [4.69, 9.17) is 9.47 Å². The van der Waals surface area contributed by atoms with E-state index in [-0.39, 0.29) is 29.6 Å². The number of alkyl halides is 3. The third kappa shape index (κ3) is 5.14. The van der Waals surface area contributed by atoms with Crippen molar-refractivity contribution in [1.29, 1.82) is 0 Å². The van der Waals surface area contributed by atoms with Crippen molar-refractivity contribution in [1.82, 2.24) is 19.7 Å². The van der Waals surface area contributed by atoms with Crippen molar-refractivity contribution < 1.29 is 31.4 Å². The Morgan fingerprint density at radius 3 is 2.47 bits per heavy atom. The number of methoxy groups -OCH3 is 1. The Bertz CT molecular complexity index is 1220. The molecule has 1 unspecified atom stereocenters. The quantitative estimate of drug-likeness (QED) is 0.464. The highest BCUT2D eigenvalue weighted by Crippen LogP contribution is 2.40. The number of hydrogen-bond acceptors (Lipinski definition) is 7. The number of piperidine rings is 1. The lowest BCUT2D eigenvalue weighted by molar-refractivity contribution is -0.143. The van der Waals surface area contributed by atoms with Gasteiger partial charge in [-0.15, -0.1) is 5.10 Å². The summed E-state index contributed by atoms with van der Waals surface area (Å²) in [4.78, 5) is 10.5. The molecule has 3 atom stereocenters. The van der Waals surface area contributed by atoms with E-state index in [2.05, 4.69) is 25.3 Å². The van der Waals surface area contributed by atoms with Gasteiger partial charge in [-0.3, -0.25) is 0 Å². The molecule has 1 saturated carbocycles. The van der Waals surface area contributed by atoms with Crippen LogP contribution in [0.25, 0.3) is 0 Å². The molecule has 2 aliphatic rings. The van der Waals surface area contributed by atoms with Gasteiger partial charge < -0.3 is 19.7 Å². The second-order valence-electron chi connectivity index (χ2n) is 8.90. The van der Waals surface area contributed by atoms with Crippen molar-refractivity contribution in [3.8, 4) is 17.6 Å². The number of nitrogens with one attached hydrogen (secondary N) is 1. The Hall–Kier alpha value is -3.64. The first-order chi connectivity index (χ1) is 17.2. The van der Waals surface area contributed by atoms with Gasteiger partial charge in [0.25, 0.3) is 0 Å². The number of fused-ring (bicyclic) bond motifs is 2. The van der Waals surface area contributed by atoms with Gasteiger partial charge in [0, 0.05) is 43.1 Å². The van der Waals surface area contributed by atoms with Gasteiger partial charge in [-0.05, 0) is 42.9 Å². The number of halogens is 5. The lowest BCUT2D eigenvalue weighted by Crippen LogP contribution is -2.48. The van der Waals surface area contributed by atoms with Crippen LogP contribution in [0.3, 0.4) is 0 Å². The average Bonchev–Trinajstić information content (AvgIpc) is 3.29. The number of hydrogen-bond donors (Lipinski definition) is 1. The van der Waals surface area contributed by atoms with Crippen LogP contribution in [0.2, 0.25) is 0 Å². The van der Waals surface area contributed by atoms with Gasteiger partial charge in [0.2, 0.25) is 11.8 Å². The smallest absolute Gasteiger partial charge is 0.408 e. The molecule has 3 heterocycles. The highest BCUT2D eigenvalue weighted by atomic mass is 19.4. The molecule has 3 aromatic rings. The van der Waals surface area contributed by atoms with Gasteiger partial charge in [0.15, 0.2) is 11.6 Å². The summed E-state index contributed by atoms with van der Waals surface area (Å²) in [6.45, 7) is 0.0292. The number of benzene rings is 1. The Kier molecular flexibility index (Phi) is 6.31. The molecular weight excluding hydrogens is 487 g/mol. The second-order valence-corrected chi connectivity index (χ2v) is 8.90. The van der Waals surface area contributed by atoms with E-state index in [1.54, 1.807) is 13.3 Å². The predicted molar refractivity (Wildman–Crippen MR) is 119 cm³/mol. The number of pyridine rings is 1. The summed E-state index contributed by atoms with van der Waals surface area (Å²) in [5.74, 6) is -1.55. The monoisotopic (exact) mass is 510 g/mol. The zero-order valence-electron chi connectivity index (χ0n) is 19.2. The van der Waals surface area contributed by atoms with Crippen LogP contribution in [0, 0.1) is 23.5 Å². The zero-order chi connectivity index (χ0) is 25.4. The van der Waals surface area contributed by atoms with E-state index in [0.29, 0.717) is 10.6 Å². The fraction of sp³-hybridized carbons (Fsp3) is 0.435. The lowest BCUT2D eigenvalue weighted by atomic mass is 9.92. The molecule has 1 aliphatic heterocycles. The minimum Gasteiger partial charge on any atom is -0.481 e. The van der Waals surface area contributed by atoms with Crippen LogP contribution in [-0.4, -0.2) is 52.2 Å². The van der Waals surface area contributed by atoms with Crippen LogP contribution < -0.4 is 19.7 Å². The molecule has 1 aromatic carbocycles. The summed E-state index contributed by atoms with van der Waals surface area (Å²) < 4.78 is 77.3. The van der Waals surface area contributed by atoms with Crippen molar-refractivity contribution >= 4 is 11.6 Å². The maximum Gasteiger partial charge on any atom is 0.408 e. The van der Waals surface area contributed by atoms with Gasteiger partial charge in [-0.2, -0.15) is 18.2 Å². The molecule has 2 aromatic heterocycles. The number of aromatic nitrogens is 4. The van der Waals surface area contributed by atoms with Crippen LogP contribution in [0.15, 0.2) is 36.5 Å². The zero-order valence-corrected chi connectivity index (χ0v) is 19.2. The van der Waals surface area contributed by atoms with Crippen LogP contribution in [0.4, 0.5) is 33.6 Å². The van der Waals surface area contributed by atoms with Crippen molar-refractivity contribution in [2.75, 3.05) is 30.4 Å². The maximum atomic E-state index is 13.6. The van der Waals surface area contributed by atoms with Crippen LogP contribution in [-0.2, 0) is 6.54 Å². The molecule has 0 radical (unpaired) electrons. The van der Waals surface area contributed by atoms with Crippen LogP contribution >= 0.6 is 0 Å². The minimum absolute atomic E-state index is 0.0160. The van der Waals surface area contributed by atoms with Crippen LogP contribution in [0.5, 0.6) is 17.6 Å². The van der Waals surface area contributed by atoms with Crippen molar-refractivity contribution in [3.63, 3.8) is 0 Å². The molecule has 2 bridgehead atoms. The third-order valence-electron chi connectivity index (χ3n) is 6.49. The Morgan fingerprint density at radius 1 is 1.06 bits per heavy atom. The Morgan fingerprint density at radius 2 is 1.81 bits per heavy atom. The van der Waals surface area contributed by atoms with Gasteiger partial charge in [0.05, 0.1) is 7.11 Å². The molecule has 192 valence electrons. The Balaban J connectivity index is 1.34. The Labute approximate surface area is 203 Å². The van der Waals surface area contributed by atoms with Crippen molar-refractivity contribution in [2.24, 2.45) is 11.8 Å². The highest BCUT2D eigenvalue weighted by molar-refractivity contribution is 5.49. The van der Waals surface area contributed by atoms with Crippen molar-refractivity contribution in [2.45, 2.75) is 31.6 Å². The molecule has 0 spiro atoms. The summed E-state index contributed by atoms with van der Waals surface area (Å²) in [5, 5.41) is 7.17. The molecule has 0 amide bonds. The fourth-order valence-corrected chi connectivity index (χ4v) is 4.91. The van der Waals surface area contributed by atoms with E-state index in [1.165, 1.54) is 0 Å². The summed E-state index contributed by atoms with van der Waals surface area (Å²) in [5.41, 5.74) is 0.993.